The third-order valence-electron chi connectivity index (χ3n) is 4.98. The third kappa shape index (κ3) is 3.14. The average molecular weight is 358 g/mol. The lowest BCUT2D eigenvalue weighted by molar-refractivity contribution is -0.135. The van der Waals surface area contributed by atoms with Crippen LogP contribution >= 0.6 is 0 Å². The summed E-state index contributed by atoms with van der Waals surface area (Å²) in [4.78, 5) is 49.1. The number of urea groups is 1. The van der Waals surface area contributed by atoms with Crippen molar-refractivity contribution in [3.63, 3.8) is 0 Å². The summed E-state index contributed by atoms with van der Waals surface area (Å²) in [5.74, 6) is -1.41. The molecule has 0 spiro atoms. The maximum Gasteiger partial charge on any atom is 0.325 e. The van der Waals surface area contributed by atoms with Crippen LogP contribution in [-0.4, -0.2) is 48.8 Å². The molecule has 5 amide bonds. The van der Waals surface area contributed by atoms with E-state index >= 15 is 0 Å². The van der Waals surface area contributed by atoms with Gasteiger partial charge in [0.1, 0.15) is 12.1 Å². The van der Waals surface area contributed by atoms with E-state index in [4.69, 9.17) is 0 Å². The van der Waals surface area contributed by atoms with E-state index in [1.54, 1.807) is 6.92 Å². The molecule has 1 atom stereocenters. The molecule has 1 saturated heterocycles. The van der Waals surface area contributed by atoms with Crippen molar-refractivity contribution in [3.8, 4) is 0 Å². The predicted molar refractivity (Wildman–Crippen MR) is 93.1 cm³/mol. The van der Waals surface area contributed by atoms with Crippen LogP contribution < -0.4 is 16.0 Å². The van der Waals surface area contributed by atoms with Crippen molar-refractivity contribution in [1.82, 2.24) is 20.9 Å². The Morgan fingerprint density at radius 3 is 2.65 bits per heavy atom. The first kappa shape index (κ1) is 17.9. The van der Waals surface area contributed by atoms with Crippen LogP contribution in [0.1, 0.15) is 30.0 Å². The molecule has 0 aromatic heterocycles. The molecule has 1 aliphatic heterocycles. The number of carbonyl (C=O) groups is 4. The summed E-state index contributed by atoms with van der Waals surface area (Å²) >= 11 is 0. The van der Waals surface area contributed by atoms with E-state index in [1.807, 2.05) is 18.2 Å². The molecule has 3 N–H and O–H groups in total. The first-order chi connectivity index (χ1) is 12.3. The van der Waals surface area contributed by atoms with E-state index in [9.17, 15) is 19.2 Å². The first-order valence-electron chi connectivity index (χ1n) is 8.59. The fraction of sp³-hybridized carbons (Fsp3) is 0.444. The molecule has 138 valence electrons. The Bertz CT molecular complexity index is 791. The summed E-state index contributed by atoms with van der Waals surface area (Å²) in [5, 5.41) is 7.45. The van der Waals surface area contributed by atoms with Crippen molar-refractivity contribution in [2.24, 2.45) is 0 Å². The van der Waals surface area contributed by atoms with Gasteiger partial charge in [0.25, 0.3) is 5.91 Å². The van der Waals surface area contributed by atoms with Crippen LogP contribution in [0, 0.1) is 0 Å². The number of benzene rings is 1. The van der Waals surface area contributed by atoms with Gasteiger partial charge >= 0.3 is 6.03 Å². The normalized spacial score (nSPS) is 21.4. The number of fused-ring (bicyclic) bond motifs is 1. The van der Waals surface area contributed by atoms with Gasteiger partial charge in [-0.2, -0.15) is 0 Å². The maximum absolute atomic E-state index is 12.9. The van der Waals surface area contributed by atoms with Gasteiger partial charge in [-0.05, 0) is 42.9 Å². The van der Waals surface area contributed by atoms with E-state index < -0.39 is 29.9 Å². The molecule has 1 aromatic carbocycles. The number of nitrogens with zero attached hydrogens (tertiary/aromatic N) is 1. The second-order valence-corrected chi connectivity index (χ2v) is 6.73. The monoisotopic (exact) mass is 358 g/mol. The molecule has 1 heterocycles. The molecule has 0 unspecified atom stereocenters. The maximum atomic E-state index is 12.9. The molecule has 1 fully saturated rings. The fourth-order valence-electron chi connectivity index (χ4n) is 3.39. The summed E-state index contributed by atoms with van der Waals surface area (Å²) in [6.07, 6.45) is 3.09. The second kappa shape index (κ2) is 6.78. The number of hydrogen-bond donors (Lipinski definition) is 3. The van der Waals surface area contributed by atoms with Crippen molar-refractivity contribution in [2.45, 2.75) is 31.7 Å². The highest BCUT2D eigenvalue weighted by Gasteiger charge is 2.49. The van der Waals surface area contributed by atoms with Crippen LogP contribution in [0.2, 0.25) is 0 Å². The summed E-state index contributed by atoms with van der Waals surface area (Å²) in [7, 11) is 1.45. The van der Waals surface area contributed by atoms with Crippen LogP contribution in [0.4, 0.5) is 4.79 Å². The SMILES string of the molecule is CNC(=O)CNC(=O)CN1C(=O)N[C@](C)(c2ccc3c(c2)CCC3)C1=O. The average Bonchev–Trinajstić information content (AvgIpc) is 3.18. The van der Waals surface area contributed by atoms with Gasteiger partial charge in [0.2, 0.25) is 11.8 Å². The Kier molecular flexibility index (Phi) is 4.67. The van der Waals surface area contributed by atoms with E-state index in [2.05, 4.69) is 16.0 Å². The smallest absolute Gasteiger partial charge is 0.325 e. The Hall–Kier alpha value is -2.90. The molecule has 8 heteroatoms. The summed E-state index contributed by atoms with van der Waals surface area (Å²) in [5.41, 5.74) is 1.99. The van der Waals surface area contributed by atoms with Crippen LogP contribution in [0.3, 0.4) is 0 Å². The van der Waals surface area contributed by atoms with Crippen molar-refractivity contribution in [1.29, 1.82) is 0 Å². The molecule has 1 aromatic rings. The number of nitrogens with one attached hydrogen (secondary N) is 3. The first-order valence-corrected chi connectivity index (χ1v) is 8.59. The highest BCUT2D eigenvalue weighted by atomic mass is 16.2. The topological polar surface area (TPSA) is 108 Å². The zero-order chi connectivity index (χ0) is 18.9. The summed E-state index contributed by atoms with van der Waals surface area (Å²) in [6.45, 7) is 1.01. The van der Waals surface area contributed by atoms with Gasteiger partial charge in [-0.25, -0.2) is 4.79 Å². The summed E-state index contributed by atoms with van der Waals surface area (Å²) < 4.78 is 0. The van der Waals surface area contributed by atoms with E-state index in [-0.39, 0.29) is 12.5 Å². The van der Waals surface area contributed by atoms with E-state index in [0.29, 0.717) is 5.56 Å². The Balaban J connectivity index is 1.73. The minimum Gasteiger partial charge on any atom is -0.358 e. The van der Waals surface area contributed by atoms with Crippen LogP contribution in [0.15, 0.2) is 18.2 Å². The van der Waals surface area contributed by atoms with Gasteiger partial charge in [0.15, 0.2) is 0 Å². The number of imide groups is 1. The zero-order valence-electron chi connectivity index (χ0n) is 14.8. The number of amides is 5. The van der Waals surface area contributed by atoms with Crippen molar-refractivity contribution >= 4 is 23.8 Å². The van der Waals surface area contributed by atoms with E-state index in [1.165, 1.54) is 18.2 Å². The molecular weight excluding hydrogens is 336 g/mol. The number of carbonyl (C=O) groups excluding carboxylic acids is 4. The van der Waals surface area contributed by atoms with Crippen molar-refractivity contribution in [3.05, 3.63) is 34.9 Å². The van der Waals surface area contributed by atoms with Crippen molar-refractivity contribution < 1.29 is 19.2 Å². The molecular formula is C18H22N4O4. The van der Waals surface area contributed by atoms with Crippen molar-refractivity contribution in [2.75, 3.05) is 20.1 Å². The molecule has 8 nitrogen and oxygen atoms in total. The number of aryl methyl sites for hydroxylation is 2. The van der Waals surface area contributed by atoms with E-state index in [0.717, 1.165) is 24.2 Å². The minimum atomic E-state index is -1.20. The van der Waals surface area contributed by atoms with Gasteiger partial charge in [0, 0.05) is 7.05 Å². The highest BCUT2D eigenvalue weighted by Crippen LogP contribution is 2.32. The third-order valence-corrected chi connectivity index (χ3v) is 4.98. The highest BCUT2D eigenvalue weighted by molar-refractivity contribution is 6.09. The predicted octanol–water partition coefficient (Wildman–Crippen LogP) is -0.195. The Morgan fingerprint density at radius 2 is 1.92 bits per heavy atom. The second-order valence-electron chi connectivity index (χ2n) is 6.73. The lowest BCUT2D eigenvalue weighted by atomic mass is 9.89. The lowest BCUT2D eigenvalue weighted by Crippen LogP contribution is -2.45. The van der Waals surface area contributed by atoms with Gasteiger partial charge in [-0.1, -0.05) is 18.2 Å². The largest absolute Gasteiger partial charge is 0.358 e. The number of hydrogen-bond acceptors (Lipinski definition) is 4. The van der Waals surface area contributed by atoms with Gasteiger partial charge in [-0.15, -0.1) is 0 Å². The number of rotatable bonds is 5. The Labute approximate surface area is 151 Å². The molecule has 0 saturated carbocycles. The van der Waals surface area contributed by atoms with Crippen LogP contribution in [0.5, 0.6) is 0 Å². The summed E-state index contributed by atoms with van der Waals surface area (Å²) in [6, 6.07) is 5.21. The van der Waals surface area contributed by atoms with Gasteiger partial charge in [0.05, 0.1) is 6.54 Å². The minimum absolute atomic E-state index is 0.207. The van der Waals surface area contributed by atoms with Crippen LogP contribution in [0.25, 0.3) is 0 Å². The van der Waals surface area contributed by atoms with Crippen LogP contribution in [-0.2, 0) is 32.8 Å². The quantitative estimate of drug-likeness (QED) is 0.634. The zero-order valence-corrected chi connectivity index (χ0v) is 14.8. The number of likely N-dealkylation sites (N-methyl/N-ethyl adjacent to an activating group) is 1. The fourth-order valence-corrected chi connectivity index (χ4v) is 3.39. The standard InChI is InChI=1S/C18H22N4O4/c1-18(13-7-6-11-4-3-5-12(11)8-13)16(25)22(17(26)21-18)10-15(24)20-9-14(23)19-2/h6-8H,3-5,9-10H2,1-2H3,(H,19,23)(H,20,24)(H,21,26)/t18-/m1/s1. The molecule has 26 heavy (non-hydrogen) atoms. The lowest BCUT2D eigenvalue weighted by Gasteiger charge is -2.23. The van der Waals surface area contributed by atoms with Gasteiger partial charge < -0.3 is 16.0 Å². The van der Waals surface area contributed by atoms with Gasteiger partial charge in [-0.3, -0.25) is 19.3 Å². The molecule has 2 aliphatic rings. The molecule has 0 bridgehead atoms. The molecule has 3 rings (SSSR count). The Morgan fingerprint density at radius 1 is 1.19 bits per heavy atom. The molecule has 0 radical (unpaired) electrons. The molecule has 1 aliphatic carbocycles.